The van der Waals surface area contributed by atoms with Crippen LogP contribution in [0.5, 0.6) is 0 Å². The van der Waals surface area contributed by atoms with Gasteiger partial charge in [0.05, 0.1) is 12.8 Å². The average molecular weight is 314 g/mol. The Kier molecular flexibility index (Phi) is 6.07. The molecule has 0 saturated heterocycles. The van der Waals surface area contributed by atoms with E-state index >= 15 is 0 Å². The minimum Gasteiger partial charge on any atom is -0.478 e. The first-order valence-electron chi connectivity index (χ1n) is 8.19. The van der Waals surface area contributed by atoms with Gasteiger partial charge in [0.15, 0.2) is 0 Å². The number of carbonyl (C=O) groups is 1. The van der Waals surface area contributed by atoms with E-state index in [9.17, 15) is 14.5 Å². The molecule has 0 aromatic heterocycles. The number of aliphatic carboxylic acids is 1. The molecule has 2 saturated carbocycles. The van der Waals surface area contributed by atoms with Crippen LogP contribution in [0.2, 0.25) is 0 Å². The van der Waals surface area contributed by atoms with Crippen molar-refractivity contribution >= 4 is 13.3 Å². The van der Waals surface area contributed by atoms with Crippen molar-refractivity contribution in [3.63, 3.8) is 0 Å². The third-order valence-corrected chi connectivity index (χ3v) is 6.99. The quantitative estimate of drug-likeness (QED) is 0.536. The molecule has 2 fully saturated rings. The van der Waals surface area contributed by atoms with Crippen molar-refractivity contribution in [3.8, 4) is 0 Å². The van der Waals surface area contributed by atoms with Crippen molar-refractivity contribution in [2.75, 3.05) is 18.9 Å². The first-order valence-corrected chi connectivity index (χ1v) is 10.2. The van der Waals surface area contributed by atoms with Gasteiger partial charge in [0.2, 0.25) is 7.37 Å². The molecule has 2 aliphatic carbocycles. The highest BCUT2D eigenvalue weighted by molar-refractivity contribution is 7.59. The Labute approximate surface area is 127 Å². The van der Waals surface area contributed by atoms with Crippen molar-refractivity contribution in [1.82, 2.24) is 0 Å². The molecule has 0 heterocycles. The van der Waals surface area contributed by atoms with E-state index in [0.29, 0.717) is 30.2 Å². The van der Waals surface area contributed by atoms with Gasteiger partial charge in [-0.15, -0.1) is 0 Å². The van der Waals surface area contributed by atoms with Crippen molar-refractivity contribution < 1.29 is 19.0 Å². The van der Waals surface area contributed by atoms with E-state index in [1.54, 1.807) is 6.08 Å². The number of allylic oxidation sites excluding steroid dienone is 1. The SMILES string of the molecule is CCOP(=O)(CC(=CC1CC1)C(=O)O)CC1CCCCC1. The molecule has 1 N–H and O–H groups in total. The van der Waals surface area contributed by atoms with Gasteiger partial charge in [0.1, 0.15) is 0 Å². The number of rotatable bonds is 8. The van der Waals surface area contributed by atoms with Crippen molar-refractivity contribution in [1.29, 1.82) is 0 Å². The van der Waals surface area contributed by atoms with Crippen LogP contribution >= 0.6 is 7.37 Å². The van der Waals surface area contributed by atoms with Crippen molar-refractivity contribution in [3.05, 3.63) is 11.6 Å². The molecule has 1 atom stereocenters. The van der Waals surface area contributed by atoms with Crippen LogP contribution in [-0.2, 0) is 13.9 Å². The largest absolute Gasteiger partial charge is 0.478 e. The minimum atomic E-state index is -2.88. The van der Waals surface area contributed by atoms with Gasteiger partial charge < -0.3 is 9.63 Å². The molecule has 2 rings (SSSR count). The Balaban J connectivity index is 2.04. The summed E-state index contributed by atoms with van der Waals surface area (Å²) < 4.78 is 18.6. The zero-order chi connectivity index (χ0) is 15.3. The minimum absolute atomic E-state index is 0.100. The molecule has 5 heteroatoms. The van der Waals surface area contributed by atoms with Crippen LogP contribution in [0.25, 0.3) is 0 Å². The zero-order valence-corrected chi connectivity index (χ0v) is 13.8. The number of carboxylic acid groups (broad SMARTS) is 1. The van der Waals surface area contributed by atoms with Gasteiger partial charge in [-0.25, -0.2) is 4.79 Å². The second-order valence-electron chi connectivity index (χ2n) is 6.41. The predicted molar refractivity (Wildman–Crippen MR) is 84.0 cm³/mol. The van der Waals surface area contributed by atoms with Crippen LogP contribution in [0.4, 0.5) is 0 Å². The van der Waals surface area contributed by atoms with Gasteiger partial charge in [-0.3, -0.25) is 4.57 Å². The van der Waals surface area contributed by atoms with Gasteiger partial charge in [-0.2, -0.15) is 0 Å². The first kappa shape index (κ1) is 16.8. The lowest BCUT2D eigenvalue weighted by atomic mass is 9.91. The second-order valence-corrected chi connectivity index (χ2v) is 8.98. The van der Waals surface area contributed by atoms with Gasteiger partial charge in [-0.05, 0) is 44.4 Å². The van der Waals surface area contributed by atoms with Gasteiger partial charge in [0.25, 0.3) is 0 Å². The molecule has 0 bridgehead atoms. The highest BCUT2D eigenvalue weighted by Gasteiger charge is 2.32. The third kappa shape index (κ3) is 5.60. The number of hydrogen-bond donors (Lipinski definition) is 1. The molecule has 0 amide bonds. The predicted octanol–water partition coefficient (Wildman–Crippen LogP) is 4.30. The highest BCUT2D eigenvalue weighted by Crippen LogP contribution is 2.52. The lowest BCUT2D eigenvalue weighted by Crippen LogP contribution is -2.16. The number of hydrogen-bond acceptors (Lipinski definition) is 3. The molecular weight excluding hydrogens is 287 g/mol. The summed E-state index contributed by atoms with van der Waals surface area (Å²) in [5, 5.41) is 9.34. The molecule has 120 valence electrons. The average Bonchev–Trinajstić information content (AvgIpc) is 3.23. The van der Waals surface area contributed by atoms with Crippen LogP contribution in [0.3, 0.4) is 0 Å². The molecule has 4 nitrogen and oxygen atoms in total. The Bertz CT molecular complexity index is 434. The summed E-state index contributed by atoms with van der Waals surface area (Å²) in [4.78, 5) is 11.4. The Morgan fingerprint density at radius 3 is 2.43 bits per heavy atom. The normalized spacial score (nSPS) is 23.8. The molecule has 0 aromatic rings. The standard InChI is InChI=1S/C16H27O4P/c1-2-20-21(19,11-14-6-4-3-5-7-14)12-15(16(17)18)10-13-8-9-13/h10,13-14H,2-9,11-12H2,1H3,(H,17,18). The summed E-state index contributed by atoms with van der Waals surface area (Å²) in [5.41, 5.74) is 0.296. The maximum Gasteiger partial charge on any atom is 0.331 e. The van der Waals surface area contributed by atoms with Gasteiger partial charge >= 0.3 is 5.97 Å². The van der Waals surface area contributed by atoms with Gasteiger partial charge in [-0.1, -0.05) is 25.3 Å². The second kappa shape index (κ2) is 7.60. The highest BCUT2D eigenvalue weighted by atomic mass is 31.2. The fourth-order valence-electron chi connectivity index (χ4n) is 3.16. The fraction of sp³-hybridized carbons (Fsp3) is 0.812. The maximum atomic E-state index is 13.1. The molecule has 0 aliphatic heterocycles. The summed E-state index contributed by atoms with van der Waals surface area (Å²) in [6.45, 7) is 2.22. The zero-order valence-electron chi connectivity index (χ0n) is 12.9. The summed E-state index contributed by atoms with van der Waals surface area (Å²) in [7, 11) is -2.88. The Morgan fingerprint density at radius 2 is 1.90 bits per heavy atom. The third-order valence-electron chi connectivity index (χ3n) is 4.37. The Morgan fingerprint density at radius 1 is 1.24 bits per heavy atom. The van der Waals surface area contributed by atoms with Gasteiger partial charge in [0, 0.05) is 11.7 Å². The summed E-state index contributed by atoms with van der Waals surface area (Å²) in [5.74, 6) is -0.126. The molecular formula is C16H27O4P. The molecule has 0 aromatic carbocycles. The van der Waals surface area contributed by atoms with Crippen LogP contribution < -0.4 is 0 Å². The molecule has 1 unspecified atom stereocenters. The smallest absolute Gasteiger partial charge is 0.331 e. The molecule has 0 radical (unpaired) electrons. The van der Waals surface area contributed by atoms with Crippen LogP contribution in [0, 0.1) is 11.8 Å². The van der Waals surface area contributed by atoms with E-state index in [1.807, 2.05) is 6.92 Å². The summed E-state index contributed by atoms with van der Waals surface area (Å²) >= 11 is 0. The maximum absolute atomic E-state index is 13.1. The van der Waals surface area contributed by atoms with Crippen molar-refractivity contribution in [2.45, 2.75) is 51.9 Å². The lowest BCUT2D eigenvalue weighted by molar-refractivity contribution is -0.132. The molecule has 21 heavy (non-hydrogen) atoms. The Hall–Kier alpha value is -0.600. The lowest BCUT2D eigenvalue weighted by Gasteiger charge is -2.26. The van der Waals surface area contributed by atoms with E-state index in [4.69, 9.17) is 4.52 Å². The van der Waals surface area contributed by atoms with Crippen LogP contribution in [0.1, 0.15) is 51.9 Å². The monoisotopic (exact) mass is 314 g/mol. The topological polar surface area (TPSA) is 63.6 Å². The van der Waals surface area contributed by atoms with Crippen molar-refractivity contribution in [2.24, 2.45) is 11.8 Å². The first-order chi connectivity index (χ1) is 10.0. The molecule has 0 spiro atoms. The summed E-state index contributed by atoms with van der Waals surface area (Å²) in [6, 6.07) is 0. The fourth-order valence-corrected chi connectivity index (χ4v) is 5.87. The van der Waals surface area contributed by atoms with E-state index in [0.717, 1.165) is 25.7 Å². The van der Waals surface area contributed by atoms with Crippen LogP contribution in [0.15, 0.2) is 11.6 Å². The summed E-state index contributed by atoms with van der Waals surface area (Å²) in [6.07, 6.45) is 10.4. The van der Waals surface area contributed by atoms with E-state index in [2.05, 4.69) is 0 Å². The molecule has 2 aliphatic rings. The van der Waals surface area contributed by atoms with E-state index in [-0.39, 0.29) is 6.16 Å². The van der Waals surface area contributed by atoms with E-state index < -0.39 is 13.3 Å². The van der Waals surface area contributed by atoms with E-state index in [1.165, 1.54) is 19.3 Å². The van der Waals surface area contributed by atoms with Crippen LogP contribution in [-0.4, -0.2) is 30.0 Å². The number of carboxylic acids is 1.